The molecule has 7 nitrogen and oxygen atoms in total. The number of benzene rings is 1. The Balaban J connectivity index is 1.56. The zero-order chi connectivity index (χ0) is 16.5. The summed E-state index contributed by atoms with van der Waals surface area (Å²) in [7, 11) is 1.41. The molecular formula is C17H18N4O3. The quantitative estimate of drug-likeness (QED) is 0.779. The molecule has 1 N–H and O–H groups in total. The van der Waals surface area contributed by atoms with Gasteiger partial charge in [0.1, 0.15) is 17.4 Å². The number of likely N-dealkylation sites (tertiary alicyclic amines) is 1. The summed E-state index contributed by atoms with van der Waals surface area (Å²) in [6.45, 7) is 1.33. The number of hydrogen-bond donors (Lipinski definition) is 1. The number of carbonyl (C=O) groups is 1. The number of carbonyl (C=O) groups excluding carboxylic acids is 1. The summed E-state index contributed by atoms with van der Waals surface area (Å²) in [5.41, 5.74) is 2.29. The fourth-order valence-electron chi connectivity index (χ4n) is 3.16. The van der Waals surface area contributed by atoms with Gasteiger partial charge in [-0.1, -0.05) is 12.1 Å². The smallest absolute Gasteiger partial charge is 0.409 e. The molecule has 1 aliphatic heterocycles. The van der Waals surface area contributed by atoms with Crippen molar-refractivity contribution >= 4 is 34.0 Å². The van der Waals surface area contributed by atoms with Gasteiger partial charge in [0, 0.05) is 24.5 Å². The Hall–Kier alpha value is -2.83. The average Bonchev–Trinajstić information content (AvgIpc) is 3.02. The van der Waals surface area contributed by atoms with E-state index in [9.17, 15) is 4.79 Å². The Bertz CT molecular complexity index is 884. The molecule has 1 aliphatic rings. The lowest BCUT2D eigenvalue weighted by molar-refractivity contribution is 0.113. The van der Waals surface area contributed by atoms with Crippen molar-refractivity contribution in [3.8, 4) is 0 Å². The number of para-hydroxylation sites is 1. The minimum absolute atomic E-state index is 0.234. The number of nitrogens with one attached hydrogen (secondary N) is 1. The highest BCUT2D eigenvalue weighted by Crippen LogP contribution is 2.31. The first-order valence-corrected chi connectivity index (χ1v) is 7.98. The fourth-order valence-corrected chi connectivity index (χ4v) is 3.16. The van der Waals surface area contributed by atoms with E-state index in [2.05, 4.69) is 15.3 Å². The van der Waals surface area contributed by atoms with E-state index in [-0.39, 0.29) is 12.1 Å². The van der Waals surface area contributed by atoms with E-state index in [4.69, 9.17) is 9.15 Å². The van der Waals surface area contributed by atoms with Crippen LogP contribution in [0.1, 0.15) is 12.8 Å². The zero-order valence-corrected chi connectivity index (χ0v) is 13.4. The largest absolute Gasteiger partial charge is 0.453 e. The van der Waals surface area contributed by atoms with E-state index in [1.54, 1.807) is 11.2 Å². The van der Waals surface area contributed by atoms with Crippen molar-refractivity contribution in [3.05, 3.63) is 30.6 Å². The summed E-state index contributed by atoms with van der Waals surface area (Å²) in [4.78, 5) is 22.0. The maximum Gasteiger partial charge on any atom is 0.409 e. The average molecular weight is 326 g/mol. The summed E-state index contributed by atoms with van der Waals surface area (Å²) < 4.78 is 10.7. The summed E-state index contributed by atoms with van der Waals surface area (Å²) >= 11 is 0. The van der Waals surface area contributed by atoms with Crippen molar-refractivity contribution < 1.29 is 13.9 Å². The topological polar surface area (TPSA) is 80.5 Å². The lowest BCUT2D eigenvalue weighted by Crippen LogP contribution is -2.42. The second-order valence-corrected chi connectivity index (χ2v) is 5.87. The van der Waals surface area contributed by atoms with Crippen molar-refractivity contribution in [3.63, 3.8) is 0 Å². The number of amides is 1. The Morgan fingerprint density at radius 2 is 2.08 bits per heavy atom. The molecule has 3 aromatic rings. The van der Waals surface area contributed by atoms with Crippen LogP contribution in [0.15, 0.2) is 35.0 Å². The standard InChI is InChI=1S/C17H18N4O3/c1-23-17(22)21-8-6-11(7-9-21)20-16-15-14(18-10-19-16)12-4-2-3-5-13(12)24-15/h2-5,10-11H,6-9H2,1H3,(H,18,19,20). The van der Waals surface area contributed by atoms with Crippen LogP contribution >= 0.6 is 0 Å². The van der Waals surface area contributed by atoms with Crippen molar-refractivity contribution in [1.29, 1.82) is 0 Å². The van der Waals surface area contributed by atoms with Gasteiger partial charge in [-0.3, -0.25) is 0 Å². The van der Waals surface area contributed by atoms with Crippen LogP contribution < -0.4 is 5.32 Å². The summed E-state index contributed by atoms with van der Waals surface area (Å²) in [5, 5.41) is 4.42. The van der Waals surface area contributed by atoms with Crippen LogP contribution in [0.4, 0.5) is 10.6 Å². The van der Waals surface area contributed by atoms with Crippen molar-refractivity contribution in [2.75, 3.05) is 25.5 Å². The number of methoxy groups -OCH3 is 1. The van der Waals surface area contributed by atoms with Gasteiger partial charge in [0.05, 0.1) is 7.11 Å². The van der Waals surface area contributed by atoms with Crippen LogP contribution in [0.25, 0.3) is 22.1 Å². The fraction of sp³-hybridized carbons (Fsp3) is 0.353. The lowest BCUT2D eigenvalue weighted by Gasteiger charge is -2.31. The van der Waals surface area contributed by atoms with E-state index >= 15 is 0 Å². The predicted octanol–water partition coefficient (Wildman–Crippen LogP) is 3.02. The molecule has 7 heteroatoms. The van der Waals surface area contributed by atoms with Crippen LogP contribution in [0.5, 0.6) is 0 Å². The maximum absolute atomic E-state index is 11.6. The number of aromatic nitrogens is 2. The molecule has 1 amide bonds. The molecule has 0 bridgehead atoms. The number of furan rings is 1. The highest BCUT2D eigenvalue weighted by atomic mass is 16.5. The molecule has 0 atom stereocenters. The Morgan fingerprint density at radius 3 is 2.88 bits per heavy atom. The molecular weight excluding hydrogens is 308 g/mol. The van der Waals surface area contributed by atoms with E-state index in [1.165, 1.54) is 7.11 Å². The maximum atomic E-state index is 11.6. The normalized spacial score (nSPS) is 15.8. The van der Waals surface area contributed by atoms with E-state index < -0.39 is 0 Å². The number of rotatable bonds is 2. The third-order valence-electron chi connectivity index (χ3n) is 4.43. The molecule has 0 spiro atoms. The minimum atomic E-state index is -0.268. The third kappa shape index (κ3) is 2.51. The third-order valence-corrected chi connectivity index (χ3v) is 4.43. The van der Waals surface area contributed by atoms with Crippen LogP contribution in [-0.2, 0) is 4.74 Å². The first-order chi connectivity index (χ1) is 11.8. The van der Waals surface area contributed by atoms with E-state index in [0.29, 0.717) is 24.5 Å². The van der Waals surface area contributed by atoms with Gasteiger partial charge in [-0.25, -0.2) is 14.8 Å². The van der Waals surface area contributed by atoms with Gasteiger partial charge in [-0.05, 0) is 25.0 Å². The number of hydrogen-bond acceptors (Lipinski definition) is 6. The molecule has 4 rings (SSSR count). The van der Waals surface area contributed by atoms with Crippen LogP contribution in [0, 0.1) is 0 Å². The van der Waals surface area contributed by atoms with Gasteiger partial charge in [-0.2, -0.15) is 0 Å². The molecule has 24 heavy (non-hydrogen) atoms. The van der Waals surface area contributed by atoms with Gasteiger partial charge >= 0.3 is 6.09 Å². The zero-order valence-electron chi connectivity index (χ0n) is 13.4. The van der Waals surface area contributed by atoms with Gasteiger partial charge in [0.25, 0.3) is 0 Å². The SMILES string of the molecule is COC(=O)N1CCC(Nc2ncnc3c2oc2ccccc23)CC1. The van der Waals surface area contributed by atoms with Gasteiger partial charge < -0.3 is 19.4 Å². The van der Waals surface area contributed by atoms with Crippen LogP contribution in [0.2, 0.25) is 0 Å². The highest BCUT2D eigenvalue weighted by molar-refractivity contribution is 6.05. The summed E-state index contributed by atoms with van der Waals surface area (Å²) in [6.07, 6.45) is 2.95. The van der Waals surface area contributed by atoms with Crippen molar-refractivity contribution in [1.82, 2.24) is 14.9 Å². The monoisotopic (exact) mass is 326 g/mol. The number of piperidine rings is 1. The molecule has 124 valence electrons. The Labute approximate surface area is 138 Å². The number of fused-ring (bicyclic) bond motifs is 3. The lowest BCUT2D eigenvalue weighted by atomic mass is 10.1. The Kier molecular flexibility index (Phi) is 3.68. The van der Waals surface area contributed by atoms with Gasteiger partial charge in [0.2, 0.25) is 0 Å². The molecule has 0 radical (unpaired) electrons. The molecule has 1 saturated heterocycles. The number of ether oxygens (including phenoxy) is 1. The summed E-state index contributed by atoms with van der Waals surface area (Å²) in [5.74, 6) is 0.702. The molecule has 1 fully saturated rings. The first kappa shape index (κ1) is 14.7. The number of anilines is 1. The van der Waals surface area contributed by atoms with Crippen LogP contribution in [-0.4, -0.2) is 47.2 Å². The second kappa shape index (κ2) is 5.99. The predicted molar refractivity (Wildman–Crippen MR) is 89.9 cm³/mol. The molecule has 1 aromatic carbocycles. The van der Waals surface area contributed by atoms with Gasteiger partial charge in [-0.15, -0.1) is 0 Å². The summed E-state index contributed by atoms with van der Waals surface area (Å²) in [6, 6.07) is 8.06. The second-order valence-electron chi connectivity index (χ2n) is 5.87. The van der Waals surface area contributed by atoms with E-state index in [1.807, 2.05) is 24.3 Å². The first-order valence-electron chi connectivity index (χ1n) is 7.98. The number of nitrogens with zero attached hydrogens (tertiary/aromatic N) is 3. The molecule has 0 aliphatic carbocycles. The molecule has 3 heterocycles. The minimum Gasteiger partial charge on any atom is -0.453 e. The molecule has 0 saturated carbocycles. The van der Waals surface area contributed by atoms with Crippen molar-refractivity contribution in [2.24, 2.45) is 0 Å². The van der Waals surface area contributed by atoms with E-state index in [0.717, 1.165) is 29.3 Å². The van der Waals surface area contributed by atoms with Crippen molar-refractivity contribution in [2.45, 2.75) is 18.9 Å². The molecule has 0 unspecified atom stereocenters. The molecule has 2 aromatic heterocycles. The highest BCUT2D eigenvalue weighted by Gasteiger charge is 2.24. The van der Waals surface area contributed by atoms with Crippen LogP contribution in [0.3, 0.4) is 0 Å². The van der Waals surface area contributed by atoms with Gasteiger partial charge in [0.15, 0.2) is 11.4 Å². The Morgan fingerprint density at radius 1 is 1.29 bits per heavy atom.